The van der Waals surface area contributed by atoms with Crippen LogP contribution in [0.4, 0.5) is 10.1 Å². The summed E-state index contributed by atoms with van der Waals surface area (Å²) in [4.78, 5) is 17.0. The van der Waals surface area contributed by atoms with Crippen LogP contribution in [-0.2, 0) is 16.6 Å². The Morgan fingerprint density at radius 1 is 1.12 bits per heavy atom. The molecule has 4 rings (SSSR count). The van der Waals surface area contributed by atoms with Crippen LogP contribution in [0.15, 0.2) is 71.9 Å². The Labute approximate surface area is 188 Å². The lowest BCUT2D eigenvalue weighted by Crippen LogP contribution is -2.24. The molecule has 4 aromatic rings. The van der Waals surface area contributed by atoms with Crippen molar-refractivity contribution < 1.29 is 17.6 Å². The van der Waals surface area contributed by atoms with E-state index >= 15 is 0 Å². The smallest absolute Gasteiger partial charge is 0.261 e. The van der Waals surface area contributed by atoms with Crippen molar-refractivity contribution in [2.75, 3.05) is 4.72 Å². The number of aryl methyl sites for hydroxylation is 1. The van der Waals surface area contributed by atoms with Crippen molar-refractivity contribution in [1.82, 2.24) is 14.7 Å². The average Bonchev–Trinajstić information content (AvgIpc) is 3.15. The van der Waals surface area contributed by atoms with Crippen molar-refractivity contribution in [2.45, 2.75) is 18.4 Å². The molecule has 0 radical (unpaired) electrons. The molecular formula is C22H18ClFN4O3S. The Morgan fingerprint density at radius 2 is 1.88 bits per heavy atom. The van der Waals surface area contributed by atoms with E-state index in [-0.39, 0.29) is 27.7 Å². The number of carbonyl (C=O) groups is 1. The summed E-state index contributed by atoms with van der Waals surface area (Å²) in [7, 11) is -4.01. The van der Waals surface area contributed by atoms with Gasteiger partial charge in [-0.15, -0.1) is 0 Å². The SMILES string of the molecule is Cc1ccn2cc(CNC(=O)c3cc(S(=O)(=O)Nc4ccc(F)cc4)ccc3Cl)nc2c1. The molecule has 2 aromatic heterocycles. The van der Waals surface area contributed by atoms with Crippen molar-refractivity contribution in [1.29, 1.82) is 0 Å². The maximum absolute atomic E-state index is 13.1. The molecule has 2 heterocycles. The van der Waals surface area contributed by atoms with E-state index in [1.165, 1.54) is 30.3 Å². The zero-order chi connectivity index (χ0) is 22.9. The Hall–Kier alpha value is -3.43. The van der Waals surface area contributed by atoms with Crippen LogP contribution in [0.1, 0.15) is 21.6 Å². The summed E-state index contributed by atoms with van der Waals surface area (Å²) in [5.74, 6) is -1.03. The number of nitrogens with zero attached hydrogens (tertiary/aromatic N) is 2. The van der Waals surface area contributed by atoms with Gasteiger partial charge in [0.05, 0.1) is 27.7 Å². The largest absolute Gasteiger partial charge is 0.346 e. The molecule has 0 aliphatic rings. The van der Waals surface area contributed by atoms with E-state index in [1.807, 2.05) is 29.7 Å². The highest BCUT2D eigenvalue weighted by Crippen LogP contribution is 2.23. The summed E-state index contributed by atoms with van der Waals surface area (Å²) in [6.45, 7) is 2.10. The number of carbonyl (C=O) groups excluding carboxylic acids is 1. The molecule has 0 atom stereocenters. The van der Waals surface area contributed by atoms with E-state index in [0.717, 1.165) is 23.3 Å². The number of halogens is 2. The van der Waals surface area contributed by atoms with Crippen molar-refractivity contribution in [3.8, 4) is 0 Å². The fourth-order valence-electron chi connectivity index (χ4n) is 3.07. The first-order valence-corrected chi connectivity index (χ1v) is 11.4. The second-order valence-corrected chi connectivity index (χ2v) is 9.23. The van der Waals surface area contributed by atoms with Crippen molar-refractivity contribution in [2.24, 2.45) is 0 Å². The molecule has 0 saturated heterocycles. The topological polar surface area (TPSA) is 92.6 Å². The molecule has 2 aromatic carbocycles. The van der Waals surface area contributed by atoms with Crippen LogP contribution in [0, 0.1) is 12.7 Å². The monoisotopic (exact) mass is 472 g/mol. The summed E-state index contributed by atoms with van der Waals surface area (Å²) in [5, 5.41) is 2.82. The molecule has 164 valence electrons. The lowest BCUT2D eigenvalue weighted by molar-refractivity contribution is 0.0950. The van der Waals surface area contributed by atoms with E-state index in [1.54, 1.807) is 6.20 Å². The normalized spacial score (nSPS) is 11.5. The number of nitrogens with one attached hydrogen (secondary N) is 2. The third-order valence-electron chi connectivity index (χ3n) is 4.68. The third kappa shape index (κ3) is 4.74. The standard InChI is InChI=1S/C22H18ClFN4O3S/c1-14-8-9-28-13-17(26-21(28)10-14)12-25-22(29)19-11-18(6-7-20(19)23)32(30,31)27-16-4-2-15(24)3-5-16/h2-11,13,27H,12H2,1H3,(H,25,29). The average molecular weight is 473 g/mol. The number of hydrogen-bond acceptors (Lipinski definition) is 4. The second-order valence-electron chi connectivity index (χ2n) is 7.14. The van der Waals surface area contributed by atoms with Crippen LogP contribution in [0.2, 0.25) is 5.02 Å². The zero-order valence-corrected chi connectivity index (χ0v) is 18.4. The molecule has 1 amide bonds. The van der Waals surface area contributed by atoms with E-state index in [4.69, 9.17) is 11.6 Å². The van der Waals surface area contributed by atoms with Crippen LogP contribution >= 0.6 is 11.6 Å². The van der Waals surface area contributed by atoms with Gasteiger partial charge < -0.3 is 9.72 Å². The number of rotatable bonds is 6. The number of pyridine rings is 1. The lowest BCUT2D eigenvalue weighted by Gasteiger charge is -2.11. The first kappa shape index (κ1) is 21.8. The molecule has 0 aliphatic heterocycles. The minimum Gasteiger partial charge on any atom is -0.346 e. The van der Waals surface area contributed by atoms with Gasteiger partial charge in [-0.25, -0.2) is 17.8 Å². The van der Waals surface area contributed by atoms with Gasteiger partial charge in [0.25, 0.3) is 15.9 Å². The molecule has 0 saturated carbocycles. The van der Waals surface area contributed by atoms with Gasteiger partial charge in [-0.3, -0.25) is 9.52 Å². The predicted molar refractivity (Wildman–Crippen MR) is 120 cm³/mol. The Kier molecular flexibility index (Phi) is 5.86. The number of aromatic nitrogens is 2. The van der Waals surface area contributed by atoms with Gasteiger partial charge in [-0.05, 0) is 67.1 Å². The molecule has 0 unspecified atom stereocenters. The van der Waals surface area contributed by atoms with Crippen LogP contribution in [0.25, 0.3) is 5.65 Å². The number of sulfonamides is 1. The molecule has 0 fully saturated rings. The van der Waals surface area contributed by atoms with Crippen LogP contribution in [-0.4, -0.2) is 23.7 Å². The maximum atomic E-state index is 13.1. The van der Waals surface area contributed by atoms with Gasteiger partial charge in [0.1, 0.15) is 11.5 Å². The number of anilines is 1. The highest BCUT2D eigenvalue weighted by molar-refractivity contribution is 7.92. The van der Waals surface area contributed by atoms with Crippen LogP contribution in [0.5, 0.6) is 0 Å². The molecule has 0 spiro atoms. The van der Waals surface area contributed by atoms with Crippen molar-refractivity contribution >= 4 is 38.9 Å². The lowest BCUT2D eigenvalue weighted by atomic mass is 10.2. The van der Waals surface area contributed by atoms with Crippen LogP contribution < -0.4 is 10.0 Å². The van der Waals surface area contributed by atoms with Crippen LogP contribution in [0.3, 0.4) is 0 Å². The van der Waals surface area contributed by atoms with E-state index in [0.29, 0.717) is 5.69 Å². The molecule has 0 aliphatic carbocycles. The fraction of sp³-hybridized carbons (Fsp3) is 0.0909. The highest BCUT2D eigenvalue weighted by Gasteiger charge is 2.19. The first-order chi connectivity index (χ1) is 15.2. The number of hydrogen-bond donors (Lipinski definition) is 2. The first-order valence-electron chi connectivity index (χ1n) is 9.52. The highest BCUT2D eigenvalue weighted by atomic mass is 35.5. The Bertz CT molecular complexity index is 1420. The zero-order valence-electron chi connectivity index (χ0n) is 16.8. The van der Waals surface area contributed by atoms with Crippen molar-refractivity contribution in [3.63, 3.8) is 0 Å². The number of amides is 1. The van der Waals surface area contributed by atoms with E-state index < -0.39 is 21.7 Å². The van der Waals surface area contributed by atoms with Gasteiger partial charge in [-0.2, -0.15) is 0 Å². The van der Waals surface area contributed by atoms with Gasteiger partial charge in [-0.1, -0.05) is 11.6 Å². The Morgan fingerprint density at radius 3 is 2.62 bits per heavy atom. The fourth-order valence-corrected chi connectivity index (χ4v) is 4.35. The van der Waals surface area contributed by atoms with E-state index in [2.05, 4.69) is 15.0 Å². The molecule has 10 heteroatoms. The van der Waals surface area contributed by atoms with Crippen molar-refractivity contribution in [3.05, 3.63) is 94.7 Å². The molecular weight excluding hydrogens is 455 g/mol. The quantitative estimate of drug-likeness (QED) is 0.440. The maximum Gasteiger partial charge on any atom is 0.261 e. The molecule has 0 bridgehead atoms. The molecule has 32 heavy (non-hydrogen) atoms. The summed E-state index contributed by atoms with van der Waals surface area (Å²) in [5.41, 5.74) is 2.66. The predicted octanol–water partition coefficient (Wildman–Crippen LogP) is 4.17. The molecule has 7 nitrogen and oxygen atoms in total. The number of imidazole rings is 1. The summed E-state index contributed by atoms with van der Waals surface area (Å²) >= 11 is 6.14. The van der Waals surface area contributed by atoms with Gasteiger partial charge in [0.15, 0.2) is 0 Å². The third-order valence-corrected chi connectivity index (χ3v) is 6.39. The summed E-state index contributed by atoms with van der Waals surface area (Å²) in [6, 6.07) is 12.6. The number of benzene rings is 2. The summed E-state index contributed by atoms with van der Waals surface area (Å²) in [6.07, 6.45) is 3.67. The van der Waals surface area contributed by atoms with Gasteiger partial charge >= 0.3 is 0 Å². The number of fused-ring (bicyclic) bond motifs is 1. The van der Waals surface area contributed by atoms with Gasteiger partial charge in [0, 0.05) is 18.1 Å². The minimum absolute atomic E-state index is 0.00764. The Balaban J connectivity index is 1.51. The molecule has 2 N–H and O–H groups in total. The summed E-state index contributed by atoms with van der Waals surface area (Å²) < 4.78 is 42.6. The minimum atomic E-state index is -4.01. The van der Waals surface area contributed by atoms with Gasteiger partial charge in [0.2, 0.25) is 0 Å². The van der Waals surface area contributed by atoms with E-state index in [9.17, 15) is 17.6 Å². The second kappa shape index (κ2) is 8.60.